The molecule has 96 valence electrons. The highest BCUT2D eigenvalue weighted by molar-refractivity contribution is 5.75. The molecule has 0 aliphatic heterocycles. The number of hydrogen-bond acceptors (Lipinski definition) is 4. The highest BCUT2D eigenvalue weighted by atomic mass is 16.5. The van der Waals surface area contributed by atoms with Gasteiger partial charge in [0, 0.05) is 12.0 Å². The molecule has 0 aliphatic rings. The normalized spacial score (nSPS) is 11.6. The number of hydrogen-bond donors (Lipinski definition) is 2. The standard InChI is InChI=1S/C13H15NO4/c1-2-18-11-6-5-9(4-3-7-14)8-10(11)12(15)13(16)17/h5-6,8,12,15H,2-4H2,1H3,(H,16,17). The van der Waals surface area contributed by atoms with Crippen LogP contribution in [-0.2, 0) is 11.2 Å². The van der Waals surface area contributed by atoms with E-state index in [0.717, 1.165) is 5.56 Å². The van der Waals surface area contributed by atoms with Gasteiger partial charge in [-0.05, 0) is 31.0 Å². The molecular formula is C13H15NO4. The van der Waals surface area contributed by atoms with Gasteiger partial charge in [-0.15, -0.1) is 0 Å². The Morgan fingerprint density at radius 1 is 1.56 bits per heavy atom. The lowest BCUT2D eigenvalue weighted by molar-refractivity contribution is -0.147. The molecule has 1 unspecified atom stereocenters. The van der Waals surface area contributed by atoms with Crippen molar-refractivity contribution in [2.45, 2.75) is 25.9 Å². The number of aliphatic carboxylic acids is 1. The van der Waals surface area contributed by atoms with E-state index < -0.39 is 12.1 Å². The van der Waals surface area contributed by atoms with Crippen molar-refractivity contribution in [3.05, 3.63) is 29.3 Å². The summed E-state index contributed by atoms with van der Waals surface area (Å²) < 4.78 is 5.28. The number of rotatable bonds is 6. The first-order chi connectivity index (χ1) is 8.60. The third-order valence-corrected chi connectivity index (χ3v) is 2.43. The van der Waals surface area contributed by atoms with Gasteiger partial charge in [0.1, 0.15) is 5.75 Å². The average molecular weight is 249 g/mol. The molecule has 0 radical (unpaired) electrons. The molecule has 1 aromatic rings. The van der Waals surface area contributed by atoms with E-state index in [1.807, 2.05) is 6.07 Å². The van der Waals surface area contributed by atoms with Crippen LogP contribution in [0.4, 0.5) is 0 Å². The Kier molecular flexibility index (Phi) is 5.15. The lowest BCUT2D eigenvalue weighted by atomic mass is 10.0. The first kappa shape index (κ1) is 14.0. The Morgan fingerprint density at radius 2 is 2.28 bits per heavy atom. The van der Waals surface area contributed by atoms with E-state index in [4.69, 9.17) is 15.1 Å². The minimum Gasteiger partial charge on any atom is -0.493 e. The molecule has 1 rings (SSSR count). The van der Waals surface area contributed by atoms with E-state index in [1.54, 1.807) is 25.1 Å². The molecule has 0 spiro atoms. The molecule has 0 aromatic heterocycles. The maximum absolute atomic E-state index is 10.8. The third-order valence-electron chi connectivity index (χ3n) is 2.43. The van der Waals surface area contributed by atoms with Crippen molar-refractivity contribution in [2.75, 3.05) is 6.61 Å². The van der Waals surface area contributed by atoms with Crippen molar-refractivity contribution >= 4 is 5.97 Å². The molecule has 0 bridgehead atoms. The molecule has 0 amide bonds. The van der Waals surface area contributed by atoms with Crippen LogP contribution in [-0.4, -0.2) is 22.8 Å². The van der Waals surface area contributed by atoms with E-state index in [-0.39, 0.29) is 5.56 Å². The Hall–Kier alpha value is -2.06. The summed E-state index contributed by atoms with van der Waals surface area (Å²) in [6.07, 6.45) is -0.757. The highest BCUT2D eigenvalue weighted by Gasteiger charge is 2.20. The van der Waals surface area contributed by atoms with Crippen molar-refractivity contribution in [3.8, 4) is 11.8 Å². The average Bonchev–Trinajstić information content (AvgIpc) is 2.36. The number of aliphatic hydroxyl groups excluding tert-OH is 1. The summed E-state index contributed by atoms with van der Waals surface area (Å²) in [5.74, 6) is -0.971. The lowest BCUT2D eigenvalue weighted by Gasteiger charge is -2.14. The van der Waals surface area contributed by atoms with Gasteiger partial charge >= 0.3 is 5.97 Å². The summed E-state index contributed by atoms with van der Waals surface area (Å²) in [6.45, 7) is 2.16. The monoisotopic (exact) mass is 249 g/mol. The molecule has 2 N–H and O–H groups in total. The van der Waals surface area contributed by atoms with Crippen molar-refractivity contribution in [2.24, 2.45) is 0 Å². The zero-order valence-corrected chi connectivity index (χ0v) is 10.1. The second kappa shape index (κ2) is 6.62. The van der Waals surface area contributed by atoms with Gasteiger partial charge in [-0.3, -0.25) is 0 Å². The molecular weight excluding hydrogens is 234 g/mol. The van der Waals surface area contributed by atoms with Gasteiger partial charge in [0.05, 0.1) is 12.7 Å². The number of nitriles is 1. The molecule has 0 saturated heterocycles. The summed E-state index contributed by atoms with van der Waals surface area (Å²) in [4.78, 5) is 10.8. The molecule has 5 heteroatoms. The quantitative estimate of drug-likeness (QED) is 0.800. The van der Waals surface area contributed by atoms with Gasteiger partial charge in [-0.25, -0.2) is 4.79 Å². The summed E-state index contributed by atoms with van der Waals surface area (Å²) >= 11 is 0. The third kappa shape index (κ3) is 3.47. The SMILES string of the molecule is CCOc1ccc(CCC#N)cc1C(O)C(=O)O. The first-order valence-corrected chi connectivity index (χ1v) is 5.63. The van der Waals surface area contributed by atoms with E-state index >= 15 is 0 Å². The van der Waals surface area contributed by atoms with Crippen molar-refractivity contribution in [3.63, 3.8) is 0 Å². The van der Waals surface area contributed by atoms with Crippen LogP contribution in [0.15, 0.2) is 18.2 Å². The number of aryl methyl sites for hydroxylation is 1. The molecule has 1 atom stereocenters. The largest absolute Gasteiger partial charge is 0.493 e. The van der Waals surface area contributed by atoms with Crippen LogP contribution < -0.4 is 4.74 Å². The van der Waals surface area contributed by atoms with E-state index in [9.17, 15) is 9.90 Å². The Labute approximate surface area is 105 Å². The van der Waals surface area contributed by atoms with Gasteiger partial charge in [0.25, 0.3) is 0 Å². The highest BCUT2D eigenvalue weighted by Crippen LogP contribution is 2.27. The van der Waals surface area contributed by atoms with Crippen molar-refractivity contribution < 1.29 is 19.7 Å². The Morgan fingerprint density at radius 3 is 2.83 bits per heavy atom. The molecule has 0 fully saturated rings. The molecule has 18 heavy (non-hydrogen) atoms. The summed E-state index contributed by atoms with van der Waals surface area (Å²) in [5, 5.41) is 27.0. The van der Waals surface area contributed by atoms with Crippen LogP contribution in [0, 0.1) is 11.3 Å². The fraction of sp³-hybridized carbons (Fsp3) is 0.385. The number of nitrogens with zero attached hydrogens (tertiary/aromatic N) is 1. The molecule has 0 heterocycles. The number of carbonyl (C=O) groups is 1. The topological polar surface area (TPSA) is 90.5 Å². The van der Waals surface area contributed by atoms with Gasteiger partial charge < -0.3 is 14.9 Å². The molecule has 0 aliphatic carbocycles. The lowest BCUT2D eigenvalue weighted by Crippen LogP contribution is -2.12. The number of ether oxygens (including phenoxy) is 1. The van der Waals surface area contributed by atoms with Crippen LogP contribution in [0.2, 0.25) is 0 Å². The van der Waals surface area contributed by atoms with Crippen LogP contribution in [0.25, 0.3) is 0 Å². The maximum Gasteiger partial charge on any atom is 0.337 e. The van der Waals surface area contributed by atoms with Crippen molar-refractivity contribution in [1.29, 1.82) is 5.26 Å². The van der Waals surface area contributed by atoms with Gasteiger partial charge in [-0.2, -0.15) is 5.26 Å². The smallest absolute Gasteiger partial charge is 0.337 e. The first-order valence-electron chi connectivity index (χ1n) is 5.63. The number of carboxylic acids is 1. The second-order valence-corrected chi connectivity index (χ2v) is 3.70. The summed E-state index contributed by atoms with van der Waals surface area (Å²) in [7, 11) is 0. The van der Waals surface area contributed by atoms with E-state index in [2.05, 4.69) is 0 Å². The van der Waals surface area contributed by atoms with Crippen LogP contribution in [0.1, 0.15) is 30.6 Å². The fourth-order valence-corrected chi connectivity index (χ4v) is 1.59. The van der Waals surface area contributed by atoms with Crippen molar-refractivity contribution in [1.82, 2.24) is 0 Å². The minimum absolute atomic E-state index is 0.222. The fourth-order valence-electron chi connectivity index (χ4n) is 1.59. The predicted octanol–water partition coefficient (Wildman–Crippen LogP) is 1.66. The summed E-state index contributed by atoms with van der Waals surface area (Å²) in [6, 6.07) is 6.97. The Bertz CT molecular complexity index is 465. The number of benzene rings is 1. The molecule has 1 aromatic carbocycles. The zero-order chi connectivity index (χ0) is 13.5. The molecule has 5 nitrogen and oxygen atoms in total. The minimum atomic E-state index is -1.62. The number of aliphatic hydroxyl groups is 1. The maximum atomic E-state index is 10.8. The molecule has 0 saturated carbocycles. The predicted molar refractivity (Wildman–Crippen MR) is 64.1 cm³/mol. The van der Waals surface area contributed by atoms with Crippen LogP contribution >= 0.6 is 0 Å². The van der Waals surface area contributed by atoms with E-state index in [0.29, 0.717) is 25.2 Å². The van der Waals surface area contributed by atoms with Gasteiger partial charge in [0.15, 0.2) is 6.10 Å². The summed E-state index contributed by atoms with van der Waals surface area (Å²) in [5.41, 5.74) is 1.02. The van der Waals surface area contributed by atoms with Gasteiger partial charge in [0.2, 0.25) is 0 Å². The zero-order valence-electron chi connectivity index (χ0n) is 10.1. The van der Waals surface area contributed by atoms with Gasteiger partial charge in [-0.1, -0.05) is 6.07 Å². The van der Waals surface area contributed by atoms with E-state index in [1.165, 1.54) is 0 Å². The van der Waals surface area contributed by atoms with Crippen LogP contribution in [0.3, 0.4) is 0 Å². The van der Waals surface area contributed by atoms with Crippen LogP contribution in [0.5, 0.6) is 5.75 Å². The number of carboxylic acid groups (broad SMARTS) is 1. The second-order valence-electron chi connectivity index (χ2n) is 3.70. The Balaban J connectivity index is 3.07.